The minimum atomic E-state index is -0.349. The van der Waals surface area contributed by atoms with Crippen LogP contribution in [0.5, 0.6) is 0 Å². The molecule has 1 aromatic heterocycles. The van der Waals surface area contributed by atoms with Crippen molar-refractivity contribution in [2.75, 3.05) is 5.32 Å². The lowest BCUT2D eigenvalue weighted by molar-refractivity contribution is 0.249. The maximum absolute atomic E-state index is 11.9. The molecule has 0 radical (unpaired) electrons. The molecule has 1 atom stereocenters. The Morgan fingerprint density at radius 3 is 2.60 bits per heavy atom. The highest BCUT2D eigenvalue weighted by Crippen LogP contribution is 2.29. The predicted molar refractivity (Wildman–Crippen MR) is 81.3 cm³/mol. The van der Waals surface area contributed by atoms with Gasteiger partial charge in [-0.3, -0.25) is 4.98 Å². The highest BCUT2D eigenvalue weighted by atomic mass is 35.5. The largest absolute Gasteiger partial charge is 0.331 e. The van der Waals surface area contributed by atoms with E-state index < -0.39 is 0 Å². The molecule has 0 aliphatic heterocycles. The summed E-state index contributed by atoms with van der Waals surface area (Å²) < 4.78 is 0. The van der Waals surface area contributed by atoms with E-state index in [2.05, 4.69) is 15.6 Å². The molecule has 0 aliphatic carbocycles. The number of anilines is 1. The van der Waals surface area contributed by atoms with Crippen LogP contribution in [0, 0.1) is 0 Å². The molecule has 2 rings (SSSR count). The summed E-state index contributed by atoms with van der Waals surface area (Å²) in [6.45, 7) is 1.88. The van der Waals surface area contributed by atoms with E-state index in [1.54, 1.807) is 30.6 Å². The van der Waals surface area contributed by atoms with Gasteiger partial charge in [-0.25, -0.2) is 4.79 Å². The van der Waals surface area contributed by atoms with E-state index in [4.69, 9.17) is 23.2 Å². The van der Waals surface area contributed by atoms with E-state index in [1.165, 1.54) is 0 Å². The lowest BCUT2D eigenvalue weighted by Gasteiger charge is -2.15. The average molecular weight is 310 g/mol. The topological polar surface area (TPSA) is 54.0 Å². The van der Waals surface area contributed by atoms with Gasteiger partial charge in [-0.15, -0.1) is 0 Å². The molecule has 0 fully saturated rings. The Labute approximate surface area is 127 Å². The summed E-state index contributed by atoms with van der Waals surface area (Å²) in [5.74, 6) is 0. The number of nitrogens with one attached hydrogen (secondary N) is 2. The van der Waals surface area contributed by atoms with Crippen LogP contribution in [0.1, 0.15) is 18.5 Å². The third kappa shape index (κ3) is 3.62. The predicted octanol–water partition coefficient (Wildman–Crippen LogP) is 4.27. The van der Waals surface area contributed by atoms with Crippen LogP contribution in [0.15, 0.2) is 42.7 Å². The first-order valence-corrected chi connectivity index (χ1v) is 6.75. The second-order valence-electron chi connectivity index (χ2n) is 4.20. The van der Waals surface area contributed by atoms with E-state index in [0.29, 0.717) is 15.7 Å². The molecule has 6 heteroatoms. The lowest BCUT2D eigenvalue weighted by Crippen LogP contribution is -2.31. The molecule has 1 heterocycles. The Balaban J connectivity index is 2.01. The van der Waals surface area contributed by atoms with E-state index >= 15 is 0 Å². The average Bonchev–Trinajstić information content (AvgIpc) is 2.45. The zero-order chi connectivity index (χ0) is 14.5. The molecule has 1 aromatic carbocycles. The number of urea groups is 1. The minimum absolute atomic E-state index is 0.143. The fraction of sp³-hybridized carbons (Fsp3) is 0.143. The van der Waals surface area contributed by atoms with Gasteiger partial charge in [-0.2, -0.15) is 0 Å². The first-order chi connectivity index (χ1) is 9.58. The lowest BCUT2D eigenvalue weighted by atomic mass is 10.1. The van der Waals surface area contributed by atoms with Crippen molar-refractivity contribution in [1.82, 2.24) is 10.3 Å². The zero-order valence-electron chi connectivity index (χ0n) is 10.7. The summed E-state index contributed by atoms with van der Waals surface area (Å²) in [7, 11) is 0. The second-order valence-corrected chi connectivity index (χ2v) is 4.99. The van der Waals surface area contributed by atoms with Gasteiger partial charge in [0.15, 0.2) is 0 Å². The van der Waals surface area contributed by atoms with Crippen molar-refractivity contribution in [3.05, 3.63) is 58.3 Å². The molecule has 2 amide bonds. The highest BCUT2D eigenvalue weighted by Gasteiger charge is 2.11. The van der Waals surface area contributed by atoms with Crippen molar-refractivity contribution in [2.45, 2.75) is 13.0 Å². The fourth-order valence-corrected chi connectivity index (χ4v) is 2.04. The molecule has 0 spiro atoms. The Hall–Kier alpha value is -1.78. The Morgan fingerprint density at radius 1 is 1.20 bits per heavy atom. The van der Waals surface area contributed by atoms with Gasteiger partial charge in [0.1, 0.15) is 0 Å². The number of pyridine rings is 1. The molecule has 1 unspecified atom stereocenters. The summed E-state index contributed by atoms with van der Waals surface area (Å²) in [5, 5.41) is 6.20. The second kappa shape index (κ2) is 6.59. The van der Waals surface area contributed by atoms with Crippen molar-refractivity contribution in [2.24, 2.45) is 0 Å². The van der Waals surface area contributed by atoms with E-state index in [1.807, 2.05) is 19.1 Å². The van der Waals surface area contributed by atoms with Crippen LogP contribution in [-0.4, -0.2) is 11.0 Å². The minimum Gasteiger partial charge on any atom is -0.331 e. The molecule has 0 saturated carbocycles. The van der Waals surface area contributed by atoms with Gasteiger partial charge in [0.25, 0.3) is 0 Å². The fourth-order valence-electron chi connectivity index (χ4n) is 1.69. The summed E-state index contributed by atoms with van der Waals surface area (Å²) in [5.41, 5.74) is 1.44. The first kappa shape index (κ1) is 14.6. The van der Waals surface area contributed by atoms with Crippen molar-refractivity contribution in [3.8, 4) is 0 Å². The monoisotopic (exact) mass is 309 g/mol. The summed E-state index contributed by atoms with van der Waals surface area (Å²) in [4.78, 5) is 15.9. The van der Waals surface area contributed by atoms with Crippen molar-refractivity contribution in [3.63, 3.8) is 0 Å². The standard InChI is InChI=1S/C14H13Cl2N3O/c1-9(10-5-7-17-8-6-10)18-14(20)19-12-4-2-3-11(15)13(12)16/h2-9H,1H3,(H2,18,19,20). The normalized spacial score (nSPS) is 11.8. The number of nitrogens with zero attached hydrogens (tertiary/aromatic N) is 1. The molecule has 0 bridgehead atoms. The van der Waals surface area contributed by atoms with Gasteiger partial charge in [0, 0.05) is 12.4 Å². The molecular formula is C14H13Cl2N3O. The number of halogens is 2. The quantitative estimate of drug-likeness (QED) is 0.889. The van der Waals surface area contributed by atoms with Crippen molar-refractivity contribution in [1.29, 1.82) is 0 Å². The Kier molecular flexibility index (Phi) is 4.82. The van der Waals surface area contributed by atoms with Gasteiger partial charge in [0.05, 0.1) is 21.8 Å². The molecule has 2 aromatic rings. The SMILES string of the molecule is CC(NC(=O)Nc1cccc(Cl)c1Cl)c1ccncc1. The van der Waals surface area contributed by atoms with E-state index in [0.717, 1.165) is 5.56 Å². The number of rotatable bonds is 3. The van der Waals surface area contributed by atoms with Crippen LogP contribution in [0.4, 0.5) is 10.5 Å². The van der Waals surface area contributed by atoms with E-state index in [-0.39, 0.29) is 12.1 Å². The molecule has 2 N–H and O–H groups in total. The Bertz CT molecular complexity index is 605. The summed E-state index contributed by atoms with van der Waals surface area (Å²) in [6.07, 6.45) is 3.36. The number of hydrogen-bond donors (Lipinski definition) is 2. The van der Waals surface area contributed by atoms with Crippen LogP contribution in [0.2, 0.25) is 10.0 Å². The molecular weight excluding hydrogens is 297 g/mol. The van der Waals surface area contributed by atoms with Crippen LogP contribution in [0.3, 0.4) is 0 Å². The van der Waals surface area contributed by atoms with Gasteiger partial charge < -0.3 is 10.6 Å². The van der Waals surface area contributed by atoms with Gasteiger partial charge in [-0.1, -0.05) is 29.3 Å². The third-order valence-corrected chi connectivity index (χ3v) is 3.57. The van der Waals surface area contributed by atoms with Crippen LogP contribution >= 0.6 is 23.2 Å². The van der Waals surface area contributed by atoms with Crippen molar-refractivity contribution >= 4 is 34.9 Å². The van der Waals surface area contributed by atoms with Crippen LogP contribution in [-0.2, 0) is 0 Å². The van der Waals surface area contributed by atoms with Gasteiger partial charge >= 0.3 is 6.03 Å². The highest BCUT2D eigenvalue weighted by molar-refractivity contribution is 6.43. The van der Waals surface area contributed by atoms with Gasteiger partial charge in [0.2, 0.25) is 0 Å². The maximum Gasteiger partial charge on any atom is 0.319 e. The van der Waals surface area contributed by atoms with Crippen LogP contribution in [0.25, 0.3) is 0 Å². The maximum atomic E-state index is 11.9. The number of aromatic nitrogens is 1. The molecule has 4 nitrogen and oxygen atoms in total. The number of carbonyl (C=O) groups excluding carboxylic acids is 1. The molecule has 20 heavy (non-hydrogen) atoms. The van der Waals surface area contributed by atoms with Gasteiger partial charge in [-0.05, 0) is 36.8 Å². The zero-order valence-corrected chi connectivity index (χ0v) is 12.2. The first-order valence-electron chi connectivity index (χ1n) is 5.99. The summed E-state index contributed by atoms with van der Waals surface area (Å²) >= 11 is 11.9. The third-order valence-electron chi connectivity index (χ3n) is 2.75. The number of carbonyl (C=O) groups is 1. The number of amides is 2. The smallest absolute Gasteiger partial charge is 0.319 e. The molecule has 104 valence electrons. The number of benzene rings is 1. The number of hydrogen-bond acceptors (Lipinski definition) is 2. The van der Waals surface area contributed by atoms with Crippen LogP contribution < -0.4 is 10.6 Å². The molecule has 0 aliphatic rings. The van der Waals surface area contributed by atoms with Crippen molar-refractivity contribution < 1.29 is 4.79 Å². The summed E-state index contributed by atoms with van der Waals surface area (Å²) in [6, 6.07) is 8.26. The van der Waals surface area contributed by atoms with E-state index in [9.17, 15) is 4.79 Å². The molecule has 0 saturated heterocycles. The Morgan fingerprint density at radius 2 is 1.90 bits per heavy atom.